The number of nitrogens with two attached hydrogens (primary N) is 2. The highest BCUT2D eigenvalue weighted by molar-refractivity contribution is 7.94. The molecule has 0 fully saturated rings. The number of hydrogen-bond acceptors (Lipinski definition) is 4. The summed E-state index contributed by atoms with van der Waals surface area (Å²) in [7, 11) is -3.55. The molecule has 1 aromatic carbocycles. The summed E-state index contributed by atoms with van der Waals surface area (Å²) in [5.41, 5.74) is 10.2. The molecule has 76 valence electrons. The van der Waals surface area contributed by atoms with E-state index in [2.05, 4.69) is 0 Å². The predicted octanol–water partition coefficient (Wildman–Crippen LogP) is 0.830. The minimum atomic E-state index is -3.55. The van der Waals surface area contributed by atoms with Gasteiger partial charge in [0.1, 0.15) is 5.82 Å². The summed E-state index contributed by atoms with van der Waals surface area (Å²) < 4.78 is 22.9. The van der Waals surface area contributed by atoms with Gasteiger partial charge in [-0.1, -0.05) is 11.6 Å². The van der Waals surface area contributed by atoms with E-state index >= 15 is 0 Å². The van der Waals surface area contributed by atoms with Crippen molar-refractivity contribution >= 4 is 21.4 Å². The van der Waals surface area contributed by atoms with Gasteiger partial charge in [-0.05, 0) is 24.3 Å². The third-order valence-corrected chi connectivity index (χ3v) is 3.20. The van der Waals surface area contributed by atoms with Crippen molar-refractivity contribution in [3.05, 3.63) is 40.5 Å². The Labute approximate surface area is 87.1 Å². The van der Waals surface area contributed by atoms with E-state index in [1.807, 2.05) is 0 Å². The Hall–Kier alpha value is -1.20. The van der Waals surface area contributed by atoms with Gasteiger partial charge in [-0.15, -0.1) is 0 Å². The van der Waals surface area contributed by atoms with E-state index in [1.54, 1.807) is 0 Å². The summed E-state index contributed by atoms with van der Waals surface area (Å²) in [5, 5.41) is 1.27. The second kappa shape index (κ2) is 3.89. The molecule has 0 radical (unpaired) electrons. The van der Waals surface area contributed by atoms with Gasteiger partial charge < -0.3 is 11.5 Å². The van der Waals surface area contributed by atoms with Crippen LogP contribution in [0.25, 0.3) is 0 Å². The topological polar surface area (TPSA) is 86.2 Å². The molecule has 0 saturated heterocycles. The second-order valence-corrected chi connectivity index (χ2v) is 4.85. The van der Waals surface area contributed by atoms with Crippen molar-refractivity contribution in [3.63, 3.8) is 0 Å². The Balaban J connectivity index is 3.18. The Morgan fingerprint density at radius 1 is 1.21 bits per heavy atom. The summed E-state index contributed by atoms with van der Waals surface area (Å²) in [6.45, 7) is 0. The fourth-order valence-electron chi connectivity index (χ4n) is 0.871. The molecule has 0 spiro atoms. The zero-order valence-corrected chi connectivity index (χ0v) is 8.72. The van der Waals surface area contributed by atoms with E-state index in [0.717, 1.165) is 5.41 Å². The molecule has 1 rings (SSSR count). The summed E-state index contributed by atoms with van der Waals surface area (Å²) in [4.78, 5) is 0.107. The highest BCUT2D eigenvalue weighted by Crippen LogP contribution is 2.15. The lowest BCUT2D eigenvalue weighted by atomic mass is 10.4. The van der Waals surface area contributed by atoms with Crippen molar-refractivity contribution in [3.8, 4) is 0 Å². The molecule has 1 aromatic rings. The number of rotatable bonds is 2. The lowest BCUT2D eigenvalue weighted by molar-refractivity contribution is 0.604. The van der Waals surface area contributed by atoms with Crippen molar-refractivity contribution in [1.29, 1.82) is 0 Å². The molecule has 0 aliphatic rings. The molecule has 0 atom stereocenters. The van der Waals surface area contributed by atoms with Crippen molar-refractivity contribution in [2.45, 2.75) is 4.90 Å². The zero-order chi connectivity index (χ0) is 10.8. The fraction of sp³-hybridized carbons (Fsp3) is 0. The molecule has 14 heavy (non-hydrogen) atoms. The largest absolute Gasteiger partial charge is 0.385 e. The molecular weight excluding hydrogens is 224 g/mol. The van der Waals surface area contributed by atoms with Crippen molar-refractivity contribution in [1.82, 2.24) is 0 Å². The van der Waals surface area contributed by atoms with Crippen LogP contribution in [0.3, 0.4) is 0 Å². The van der Waals surface area contributed by atoms with Crippen LogP contribution in [0.1, 0.15) is 0 Å². The molecule has 6 heteroatoms. The van der Waals surface area contributed by atoms with Crippen LogP contribution in [0.5, 0.6) is 0 Å². The molecule has 0 amide bonds. The van der Waals surface area contributed by atoms with Crippen LogP contribution in [-0.2, 0) is 9.84 Å². The monoisotopic (exact) mass is 232 g/mol. The van der Waals surface area contributed by atoms with E-state index in [-0.39, 0.29) is 10.7 Å². The average Bonchev–Trinajstić information content (AvgIpc) is 2.02. The van der Waals surface area contributed by atoms with Crippen molar-refractivity contribution < 1.29 is 8.42 Å². The Morgan fingerprint density at radius 2 is 1.71 bits per heavy atom. The van der Waals surface area contributed by atoms with Gasteiger partial charge in [0, 0.05) is 5.02 Å². The lowest BCUT2D eigenvalue weighted by Crippen LogP contribution is -2.11. The molecule has 0 aromatic heterocycles. The molecule has 4 nitrogen and oxygen atoms in total. The number of sulfone groups is 1. The van der Waals surface area contributed by atoms with Gasteiger partial charge in [0.2, 0.25) is 9.84 Å². The Morgan fingerprint density at radius 3 is 2.14 bits per heavy atom. The first kappa shape index (κ1) is 10.9. The smallest absolute Gasteiger partial charge is 0.203 e. The van der Waals surface area contributed by atoms with E-state index in [9.17, 15) is 8.42 Å². The van der Waals surface area contributed by atoms with E-state index in [4.69, 9.17) is 23.1 Å². The van der Waals surface area contributed by atoms with E-state index < -0.39 is 9.84 Å². The van der Waals surface area contributed by atoms with Gasteiger partial charge in [0.15, 0.2) is 0 Å². The number of halogens is 1. The van der Waals surface area contributed by atoms with E-state index in [1.165, 1.54) is 24.3 Å². The molecule has 0 heterocycles. The maximum atomic E-state index is 11.5. The van der Waals surface area contributed by atoms with Crippen LogP contribution >= 0.6 is 11.6 Å². The molecule has 0 bridgehead atoms. The van der Waals surface area contributed by atoms with Crippen LogP contribution in [0.15, 0.2) is 40.4 Å². The molecule has 0 saturated carbocycles. The van der Waals surface area contributed by atoms with Crippen molar-refractivity contribution in [2.24, 2.45) is 11.5 Å². The predicted molar refractivity (Wildman–Crippen MR) is 55.1 cm³/mol. The first-order chi connectivity index (χ1) is 6.42. The number of benzene rings is 1. The first-order valence-electron chi connectivity index (χ1n) is 3.65. The summed E-state index contributed by atoms with van der Waals surface area (Å²) in [6.07, 6.45) is 0. The highest BCUT2D eigenvalue weighted by Gasteiger charge is 2.10. The van der Waals surface area contributed by atoms with Gasteiger partial charge in [-0.2, -0.15) is 0 Å². The molecule has 4 N–H and O–H groups in total. The Kier molecular flexibility index (Phi) is 3.03. The van der Waals surface area contributed by atoms with Gasteiger partial charge in [0.05, 0.1) is 10.3 Å². The van der Waals surface area contributed by atoms with Gasteiger partial charge >= 0.3 is 0 Å². The molecular formula is C8H9ClN2O2S. The average molecular weight is 233 g/mol. The third kappa shape index (κ3) is 2.65. The molecule has 0 aliphatic heterocycles. The fourth-order valence-corrected chi connectivity index (χ4v) is 2.01. The quantitative estimate of drug-likeness (QED) is 0.791. The van der Waals surface area contributed by atoms with Crippen LogP contribution in [-0.4, -0.2) is 8.42 Å². The number of hydrogen-bond donors (Lipinski definition) is 2. The summed E-state index contributed by atoms with van der Waals surface area (Å²) >= 11 is 5.61. The van der Waals surface area contributed by atoms with Gasteiger partial charge in [-0.3, -0.25) is 0 Å². The normalized spacial score (nSPS) is 10.9. The third-order valence-electron chi connectivity index (χ3n) is 1.43. The first-order valence-corrected chi connectivity index (χ1v) is 5.57. The van der Waals surface area contributed by atoms with Crippen LogP contribution in [0.2, 0.25) is 5.02 Å². The Bertz CT molecular complexity index is 447. The lowest BCUT2D eigenvalue weighted by Gasteiger charge is -1.99. The van der Waals surface area contributed by atoms with Gasteiger partial charge in [-0.25, -0.2) is 8.42 Å². The minimum Gasteiger partial charge on any atom is -0.385 e. The highest BCUT2D eigenvalue weighted by atomic mass is 35.5. The van der Waals surface area contributed by atoms with Gasteiger partial charge in [0.25, 0.3) is 0 Å². The molecule has 0 unspecified atom stereocenters. The zero-order valence-electron chi connectivity index (χ0n) is 7.14. The van der Waals surface area contributed by atoms with Crippen molar-refractivity contribution in [2.75, 3.05) is 0 Å². The maximum absolute atomic E-state index is 11.5. The van der Waals surface area contributed by atoms with Crippen LogP contribution in [0.4, 0.5) is 0 Å². The SMILES string of the molecule is NC(N)=CS(=O)(=O)c1ccc(Cl)cc1. The second-order valence-electron chi connectivity index (χ2n) is 2.62. The van der Waals surface area contributed by atoms with Crippen LogP contribution in [0, 0.1) is 0 Å². The summed E-state index contributed by atoms with van der Waals surface area (Å²) in [5.74, 6) is -0.250. The summed E-state index contributed by atoms with van der Waals surface area (Å²) in [6, 6.07) is 5.73. The maximum Gasteiger partial charge on any atom is 0.203 e. The van der Waals surface area contributed by atoms with Crippen LogP contribution < -0.4 is 11.5 Å². The van der Waals surface area contributed by atoms with E-state index in [0.29, 0.717) is 5.02 Å². The molecule has 0 aliphatic carbocycles. The minimum absolute atomic E-state index is 0.107. The standard InChI is InChI=1S/C8H9ClN2O2S/c9-6-1-3-7(4-2-6)14(12,13)5-8(10)11/h1-5H,10-11H2.